The van der Waals surface area contributed by atoms with Crippen molar-refractivity contribution in [1.29, 1.82) is 0 Å². The Morgan fingerprint density at radius 3 is 3.00 bits per heavy atom. The van der Waals surface area contributed by atoms with Crippen LogP contribution in [0, 0.1) is 0 Å². The predicted molar refractivity (Wildman–Crippen MR) is 70.2 cm³/mol. The zero-order valence-corrected chi connectivity index (χ0v) is 10.8. The minimum absolute atomic E-state index is 0.136. The van der Waals surface area contributed by atoms with E-state index < -0.39 is 0 Å². The summed E-state index contributed by atoms with van der Waals surface area (Å²) in [6.45, 7) is 3.48. The molecule has 0 aliphatic carbocycles. The number of hydrogen-bond acceptors (Lipinski definition) is 3. The summed E-state index contributed by atoms with van der Waals surface area (Å²) in [7, 11) is 0. The normalized spacial score (nSPS) is 13.7. The van der Waals surface area contributed by atoms with Crippen molar-refractivity contribution in [3.8, 4) is 11.5 Å². The SMILES string of the molecule is CCNC(=O)/C=C/c1cc(Cl)c2c(c1)OCCO2. The van der Waals surface area contributed by atoms with Gasteiger partial charge >= 0.3 is 0 Å². The van der Waals surface area contributed by atoms with Gasteiger partial charge in [0, 0.05) is 12.6 Å². The number of likely N-dealkylation sites (N-methyl/N-ethyl adjacent to an activating group) is 1. The Kier molecular flexibility index (Phi) is 4.10. The van der Waals surface area contributed by atoms with Gasteiger partial charge in [0.05, 0.1) is 5.02 Å². The molecule has 0 saturated carbocycles. The topological polar surface area (TPSA) is 47.6 Å². The van der Waals surface area contributed by atoms with Gasteiger partial charge in [0.25, 0.3) is 0 Å². The maximum atomic E-state index is 11.3. The van der Waals surface area contributed by atoms with Crippen LogP contribution in [0.2, 0.25) is 5.02 Å². The number of benzene rings is 1. The lowest BCUT2D eigenvalue weighted by molar-refractivity contribution is -0.116. The van der Waals surface area contributed by atoms with E-state index in [-0.39, 0.29) is 5.91 Å². The van der Waals surface area contributed by atoms with Gasteiger partial charge in [0.15, 0.2) is 11.5 Å². The first-order chi connectivity index (χ1) is 8.70. The third kappa shape index (κ3) is 2.96. The maximum absolute atomic E-state index is 11.3. The molecule has 1 aromatic rings. The van der Waals surface area contributed by atoms with Gasteiger partial charge in [-0.2, -0.15) is 0 Å². The van der Waals surface area contributed by atoms with Gasteiger partial charge in [0.1, 0.15) is 13.2 Å². The lowest BCUT2D eigenvalue weighted by Gasteiger charge is -2.19. The van der Waals surface area contributed by atoms with Crippen LogP contribution in [0.15, 0.2) is 18.2 Å². The van der Waals surface area contributed by atoms with Crippen LogP contribution < -0.4 is 14.8 Å². The van der Waals surface area contributed by atoms with Gasteiger partial charge in [-0.3, -0.25) is 4.79 Å². The summed E-state index contributed by atoms with van der Waals surface area (Å²) in [5.74, 6) is 1.05. The Hall–Kier alpha value is -1.68. The summed E-state index contributed by atoms with van der Waals surface area (Å²) < 4.78 is 10.9. The van der Waals surface area contributed by atoms with Crippen LogP contribution in [0.25, 0.3) is 6.08 Å². The molecule has 1 heterocycles. The Balaban J connectivity index is 2.19. The number of fused-ring (bicyclic) bond motifs is 1. The van der Waals surface area contributed by atoms with Gasteiger partial charge in [0.2, 0.25) is 5.91 Å². The van der Waals surface area contributed by atoms with Crippen LogP contribution in [0.3, 0.4) is 0 Å². The molecule has 0 aromatic heterocycles. The van der Waals surface area contributed by atoms with Gasteiger partial charge < -0.3 is 14.8 Å². The van der Waals surface area contributed by atoms with Crippen LogP contribution in [0.5, 0.6) is 11.5 Å². The lowest BCUT2D eigenvalue weighted by Crippen LogP contribution is -2.19. The van der Waals surface area contributed by atoms with Gasteiger partial charge in [-0.15, -0.1) is 0 Å². The van der Waals surface area contributed by atoms with Crippen molar-refractivity contribution >= 4 is 23.6 Å². The summed E-state index contributed by atoms with van der Waals surface area (Å²) in [5.41, 5.74) is 0.801. The van der Waals surface area contributed by atoms with Crippen LogP contribution >= 0.6 is 11.6 Å². The first kappa shape index (κ1) is 12.8. The van der Waals surface area contributed by atoms with E-state index in [1.807, 2.05) is 6.92 Å². The van der Waals surface area contributed by atoms with Crippen LogP contribution in [0.1, 0.15) is 12.5 Å². The van der Waals surface area contributed by atoms with Crippen molar-refractivity contribution in [3.63, 3.8) is 0 Å². The first-order valence-electron chi connectivity index (χ1n) is 5.75. The number of carbonyl (C=O) groups excluding carboxylic acids is 1. The molecular formula is C13H14ClNO3. The van der Waals surface area contributed by atoms with Crippen molar-refractivity contribution < 1.29 is 14.3 Å². The largest absolute Gasteiger partial charge is 0.486 e. The van der Waals surface area contributed by atoms with Crippen LogP contribution in [0.4, 0.5) is 0 Å². The van der Waals surface area contributed by atoms with Gasteiger partial charge in [-0.25, -0.2) is 0 Å². The minimum atomic E-state index is -0.136. The number of halogens is 1. The van der Waals surface area contributed by atoms with Crippen molar-refractivity contribution in [3.05, 3.63) is 28.8 Å². The number of rotatable bonds is 3. The van der Waals surface area contributed by atoms with E-state index in [4.69, 9.17) is 21.1 Å². The molecule has 96 valence electrons. The van der Waals surface area contributed by atoms with Crippen LogP contribution in [-0.2, 0) is 4.79 Å². The third-order valence-electron chi connectivity index (χ3n) is 2.40. The molecule has 1 N–H and O–H groups in total. The molecule has 0 bridgehead atoms. The van der Waals surface area contributed by atoms with Gasteiger partial charge in [-0.05, 0) is 30.7 Å². The molecule has 1 amide bonds. The molecule has 1 aliphatic heterocycles. The number of carbonyl (C=O) groups is 1. The fourth-order valence-electron chi connectivity index (χ4n) is 1.63. The average Bonchev–Trinajstić information content (AvgIpc) is 2.37. The van der Waals surface area contributed by atoms with Crippen molar-refractivity contribution in [2.24, 2.45) is 0 Å². The second-order valence-electron chi connectivity index (χ2n) is 3.75. The van der Waals surface area contributed by atoms with E-state index in [0.29, 0.717) is 36.3 Å². The smallest absolute Gasteiger partial charge is 0.243 e. The van der Waals surface area contributed by atoms with E-state index in [1.54, 1.807) is 18.2 Å². The van der Waals surface area contributed by atoms with Crippen molar-refractivity contribution in [2.45, 2.75) is 6.92 Å². The number of ether oxygens (including phenoxy) is 2. The molecule has 1 aliphatic rings. The minimum Gasteiger partial charge on any atom is -0.486 e. The zero-order chi connectivity index (χ0) is 13.0. The van der Waals surface area contributed by atoms with E-state index >= 15 is 0 Å². The number of nitrogens with one attached hydrogen (secondary N) is 1. The molecular weight excluding hydrogens is 254 g/mol. The summed E-state index contributed by atoms with van der Waals surface area (Å²) in [6.07, 6.45) is 3.15. The fourth-order valence-corrected chi connectivity index (χ4v) is 1.91. The quantitative estimate of drug-likeness (QED) is 0.855. The second-order valence-corrected chi connectivity index (χ2v) is 4.16. The molecule has 0 fully saturated rings. The highest BCUT2D eigenvalue weighted by atomic mass is 35.5. The monoisotopic (exact) mass is 267 g/mol. The molecule has 0 atom stereocenters. The van der Waals surface area contributed by atoms with E-state index in [0.717, 1.165) is 5.56 Å². The number of hydrogen-bond donors (Lipinski definition) is 1. The highest BCUT2D eigenvalue weighted by molar-refractivity contribution is 6.32. The Morgan fingerprint density at radius 1 is 1.44 bits per heavy atom. The molecule has 0 unspecified atom stereocenters. The van der Waals surface area contributed by atoms with Crippen molar-refractivity contribution in [2.75, 3.05) is 19.8 Å². The van der Waals surface area contributed by atoms with E-state index in [1.165, 1.54) is 6.08 Å². The Labute approximate surface area is 111 Å². The molecule has 0 radical (unpaired) electrons. The molecule has 4 nitrogen and oxygen atoms in total. The Morgan fingerprint density at radius 2 is 2.22 bits per heavy atom. The molecule has 0 spiro atoms. The van der Waals surface area contributed by atoms with E-state index in [2.05, 4.69) is 5.32 Å². The standard InChI is InChI=1S/C13H14ClNO3/c1-2-15-12(16)4-3-9-7-10(14)13-11(8-9)17-5-6-18-13/h3-4,7-8H,2,5-6H2,1H3,(H,15,16)/b4-3+. The van der Waals surface area contributed by atoms with Crippen molar-refractivity contribution in [1.82, 2.24) is 5.32 Å². The lowest BCUT2D eigenvalue weighted by atomic mass is 10.1. The molecule has 18 heavy (non-hydrogen) atoms. The van der Waals surface area contributed by atoms with Gasteiger partial charge in [-0.1, -0.05) is 11.6 Å². The summed E-state index contributed by atoms with van der Waals surface area (Å²) in [5, 5.41) is 3.17. The molecule has 0 saturated heterocycles. The molecule has 2 rings (SSSR count). The Bertz CT molecular complexity index is 485. The zero-order valence-electron chi connectivity index (χ0n) is 10.0. The number of amides is 1. The summed E-state index contributed by atoms with van der Waals surface area (Å²) >= 11 is 6.08. The predicted octanol–water partition coefficient (Wildman–Crippen LogP) is 2.26. The second kappa shape index (κ2) is 5.78. The molecule has 1 aromatic carbocycles. The molecule has 5 heteroatoms. The highest BCUT2D eigenvalue weighted by Gasteiger charge is 2.15. The summed E-state index contributed by atoms with van der Waals surface area (Å²) in [4.78, 5) is 11.3. The van der Waals surface area contributed by atoms with Crippen LogP contribution in [-0.4, -0.2) is 25.7 Å². The van der Waals surface area contributed by atoms with E-state index in [9.17, 15) is 4.79 Å². The average molecular weight is 268 g/mol. The maximum Gasteiger partial charge on any atom is 0.243 e. The fraction of sp³-hybridized carbons (Fsp3) is 0.308. The first-order valence-corrected chi connectivity index (χ1v) is 6.13. The summed E-state index contributed by atoms with van der Waals surface area (Å²) in [6, 6.07) is 3.54. The highest BCUT2D eigenvalue weighted by Crippen LogP contribution is 2.38. The third-order valence-corrected chi connectivity index (χ3v) is 2.68.